The topological polar surface area (TPSA) is 90.7 Å². The molecule has 0 fully saturated rings. The van der Waals surface area contributed by atoms with Crippen LogP contribution in [0.3, 0.4) is 0 Å². The van der Waals surface area contributed by atoms with Gasteiger partial charge in [0.15, 0.2) is 11.9 Å². The van der Waals surface area contributed by atoms with Crippen molar-refractivity contribution >= 4 is 17.7 Å². The summed E-state index contributed by atoms with van der Waals surface area (Å²) < 4.78 is 15.4. The van der Waals surface area contributed by atoms with E-state index in [-0.39, 0.29) is 0 Å². The number of benzene rings is 1. The number of nitrogens with one attached hydrogen (secondary N) is 1. The third-order valence-corrected chi connectivity index (χ3v) is 3.74. The van der Waals surface area contributed by atoms with E-state index < -0.39 is 18.0 Å². The van der Waals surface area contributed by atoms with Crippen LogP contribution in [0, 0.1) is 6.92 Å². The average molecular weight is 360 g/mol. The fourth-order valence-electron chi connectivity index (χ4n) is 2.37. The smallest absolute Gasteiger partial charge is 0.338 e. The van der Waals surface area contributed by atoms with Gasteiger partial charge in [-0.05, 0) is 37.5 Å². The molecule has 2 rings (SSSR count). The summed E-state index contributed by atoms with van der Waals surface area (Å²) in [5, 5.41) is 6.34. The summed E-state index contributed by atoms with van der Waals surface area (Å²) in [6.45, 7) is 4.20. The zero-order valence-corrected chi connectivity index (χ0v) is 15.3. The van der Waals surface area contributed by atoms with Crippen LogP contribution in [0.25, 0.3) is 0 Å². The highest BCUT2D eigenvalue weighted by atomic mass is 16.5. The van der Waals surface area contributed by atoms with Crippen molar-refractivity contribution in [2.24, 2.45) is 0 Å². The predicted molar refractivity (Wildman–Crippen MR) is 95.8 cm³/mol. The molecule has 0 saturated heterocycles. The van der Waals surface area contributed by atoms with Gasteiger partial charge in [0.1, 0.15) is 5.76 Å². The summed E-state index contributed by atoms with van der Waals surface area (Å²) in [7, 11) is 1.61. The molecule has 1 amide bonds. The van der Waals surface area contributed by atoms with Gasteiger partial charge in [0, 0.05) is 13.2 Å². The molecule has 0 spiro atoms. The summed E-state index contributed by atoms with van der Waals surface area (Å²) in [6, 6.07) is 8.50. The quantitative estimate of drug-likeness (QED) is 0.689. The van der Waals surface area contributed by atoms with Gasteiger partial charge in [0.05, 0.1) is 12.2 Å². The second kappa shape index (κ2) is 9.72. The van der Waals surface area contributed by atoms with Gasteiger partial charge in [-0.15, -0.1) is 0 Å². The molecule has 7 heteroatoms. The van der Waals surface area contributed by atoms with Gasteiger partial charge in [-0.2, -0.15) is 0 Å². The number of nitrogens with zero attached hydrogens (tertiary/aromatic N) is 1. The van der Waals surface area contributed by atoms with E-state index in [2.05, 4.69) is 10.5 Å². The number of aryl methyl sites for hydroxylation is 1. The number of carbonyl (C=O) groups is 2. The van der Waals surface area contributed by atoms with Crippen LogP contribution in [0.4, 0.5) is 5.82 Å². The molecule has 0 bridgehead atoms. The van der Waals surface area contributed by atoms with Crippen LogP contribution in [0.2, 0.25) is 0 Å². The second-order valence-corrected chi connectivity index (χ2v) is 5.98. The first-order chi connectivity index (χ1) is 12.5. The average Bonchev–Trinajstić information content (AvgIpc) is 3.04. The van der Waals surface area contributed by atoms with Crippen molar-refractivity contribution in [3.05, 3.63) is 47.2 Å². The lowest BCUT2D eigenvalue weighted by Gasteiger charge is -2.16. The van der Waals surface area contributed by atoms with Gasteiger partial charge >= 0.3 is 5.97 Å². The molecular weight excluding hydrogens is 336 g/mol. The lowest BCUT2D eigenvalue weighted by atomic mass is 10.1. The molecule has 0 saturated carbocycles. The van der Waals surface area contributed by atoms with Crippen LogP contribution in [0.5, 0.6) is 0 Å². The summed E-state index contributed by atoms with van der Waals surface area (Å²) in [4.78, 5) is 24.8. The van der Waals surface area contributed by atoms with Crippen LogP contribution in [0.15, 0.2) is 34.9 Å². The van der Waals surface area contributed by atoms with Crippen molar-refractivity contribution in [2.75, 3.05) is 12.4 Å². The minimum absolute atomic E-state index is 0.300. The molecule has 0 aliphatic carbocycles. The van der Waals surface area contributed by atoms with E-state index in [1.54, 1.807) is 44.4 Å². The lowest BCUT2D eigenvalue weighted by molar-refractivity contribution is -0.125. The molecule has 7 nitrogen and oxygen atoms in total. The van der Waals surface area contributed by atoms with Crippen molar-refractivity contribution in [3.8, 4) is 0 Å². The third kappa shape index (κ3) is 5.70. The Balaban J connectivity index is 2.03. The molecule has 1 atom stereocenters. The SMILES string of the molecule is CCCCC(OC(=O)c1ccc(COC)cc1)C(=O)Nc1cc(C)on1. The first-order valence-electron chi connectivity index (χ1n) is 8.56. The number of anilines is 1. The molecule has 26 heavy (non-hydrogen) atoms. The van der Waals surface area contributed by atoms with Crippen molar-refractivity contribution in [1.82, 2.24) is 5.16 Å². The van der Waals surface area contributed by atoms with Crippen molar-refractivity contribution in [2.45, 2.75) is 45.8 Å². The van der Waals surface area contributed by atoms with Gasteiger partial charge in [-0.3, -0.25) is 4.79 Å². The van der Waals surface area contributed by atoms with Crippen LogP contribution >= 0.6 is 0 Å². The lowest BCUT2D eigenvalue weighted by Crippen LogP contribution is -2.32. The molecule has 1 unspecified atom stereocenters. The highest BCUT2D eigenvalue weighted by molar-refractivity contribution is 5.97. The number of unbranched alkanes of at least 4 members (excludes halogenated alkanes) is 1. The number of methoxy groups -OCH3 is 1. The molecule has 0 aliphatic rings. The number of rotatable bonds is 9. The van der Waals surface area contributed by atoms with E-state index in [4.69, 9.17) is 14.0 Å². The van der Waals surface area contributed by atoms with Crippen LogP contribution < -0.4 is 5.32 Å². The summed E-state index contributed by atoms with van der Waals surface area (Å²) >= 11 is 0. The van der Waals surface area contributed by atoms with E-state index in [1.165, 1.54) is 0 Å². The molecule has 1 aromatic heterocycles. The van der Waals surface area contributed by atoms with E-state index in [1.807, 2.05) is 6.92 Å². The molecule has 0 radical (unpaired) electrons. The monoisotopic (exact) mass is 360 g/mol. The number of hydrogen-bond acceptors (Lipinski definition) is 6. The zero-order chi connectivity index (χ0) is 18.9. The Labute approximate surface area is 152 Å². The number of amides is 1. The van der Waals surface area contributed by atoms with Gasteiger partial charge in [0.2, 0.25) is 0 Å². The number of carbonyl (C=O) groups excluding carboxylic acids is 2. The van der Waals surface area contributed by atoms with E-state index >= 15 is 0 Å². The minimum atomic E-state index is -0.891. The molecule has 1 N–H and O–H groups in total. The Hall–Kier alpha value is -2.67. The van der Waals surface area contributed by atoms with Gasteiger partial charge in [0.25, 0.3) is 5.91 Å². The van der Waals surface area contributed by atoms with Crippen LogP contribution in [-0.4, -0.2) is 30.2 Å². The van der Waals surface area contributed by atoms with Gasteiger partial charge < -0.3 is 19.3 Å². The largest absolute Gasteiger partial charge is 0.449 e. The van der Waals surface area contributed by atoms with E-state index in [0.717, 1.165) is 18.4 Å². The molecule has 2 aromatic rings. The summed E-state index contributed by atoms with van der Waals surface area (Å²) in [5.41, 5.74) is 1.34. The Kier molecular flexibility index (Phi) is 7.35. The zero-order valence-electron chi connectivity index (χ0n) is 15.3. The predicted octanol–water partition coefficient (Wildman–Crippen LogP) is 3.48. The maximum absolute atomic E-state index is 12.4. The van der Waals surface area contributed by atoms with Crippen LogP contribution in [-0.2, 0) is 20.9 Å². The Bertz CT molecular complexity index is 724. The van der Waals surface area contributed by atoms with Gasteiger partial charge in [-0.1, -0.05) is 30.6 Å². The number of ether oxygens (including phenoxy) is 2. The first-order valence-corrected chi connectivity index (χ1v) is 8.56. The number of aromatic nitrogens is 1. The maximum atomic E-state index is 12.4. The van der Waals surface area contributed by atoms with E-state index in [9.17, 15) is 9.59 Å². The minimum Gasteiger partial charge on any atom is -0.449 e. The fraction of sp³-hybridized carbons (Fsp3) is 0.421. The highest BCUT2D eigenvalue weighted by Gasteiger charge is 2.24. The van der Waals surface area contributed by atoms with Crippen molar-refractivity contribution in [1.29, 1.82) is 0 Å². The molecule has 140 valence electrons. The Morgan fingerprint density at radius 2 is 2.00 bits per heavy atom. The molecule has 1 aromatic carbocycles. The maximum Gasteiger partial charge on any atom is 0.338 e. The third-order valence-electron chi connectivity index (χ3n) is 3.74. The van der Waals surface area contributed by atoms with Gasteiger partial charge in [-0.25, -0.2) is 4.79 Å². The molecule has 0 aliphatic heterocycles. The first kappa shape index (κ1) is 19.7. The standard InChI is InChI=1S/C19H24N2O5/c1-4-5-6-16(18(22)20-17-11-13(2)26-21-17)25-19(23)15-9-7-14(8-10-15)12-24-3/h7-11,16H,4-6,12H2,1-3H3,(H,20,21,22). The highest BCUT2D eigenvalue weighted by Crippen LogP contribution is 2.14. The summed E-state index contributed by atoms with van der Waals surface area (Å²) in [5.74, 6) is -0.0785. The summed E-state index contributed by atoms with van der Waals surface area (Å²) in [6.07, 6.45) is 1.19. The van der Waals surface area contributed by atoms with E-state index in [0.29, 0.717) is 30.2 Å². The van der Waals surface area contributed by atoms with Crippen molar-refractivity contribution in [3.63, 3.8) is 0 Å². The normalized spacial score (nSPS) is 11.8. The molecule has 1 heterocycles. The Morgan fingerprint density at radius 1 is 1.27 bits per heavy atom. The number of esters is 1. The van der Waals surface area contributed by atoms with Crippen molar-refractivity contribution < 1.29 is 23.6 Å². The second-order valence-electron chi connectivity index (χ2n) is 5.98. The van der Waals surface area contributed by atoms with Crippen LogP contribution in [0.1, 0.15) is 47.9 Å². The Morgan fingerprint density at radius 3 is 2.58 bits per heavy atom. The fourth-order valence-corrected chi connectivity index (χ4v) is 2.37. The number of hydrogen-bond donors (Lipinski definition) is 1. The molecular formula is C19H24N2O5.